The van der Waals surface area contributed by atoms with Gasteiger partial charge in [-0.1, -0.05) is 6.07 Å². The van der Waals surface area contributed by atoms with E-state index >= 15 is 0 Å². The number of rotatable bonds is 2. The van der Waals surface area contributed by atoms with Gasteiger partial charge in [0, 0.05) is 5.69 Å². The van der Waals surface area contributed by atoms with Gasteiger partial charge in [-0.3, -0.25) is 4.98 Å². The molecule has 1 radical (unpaired) electrons. The summed E-state index contributed by atoms with van der Waals surface area (Å²) in [6.07, 6.45) is 1.73. The fraction of sp³-hybridized carbons (Fsp3) is 0.154. The van der Waals surface area contributed by atoms with Crippen LogP contribution in [0.3, 0.4) is 0 Å². The summed E-state index contributed by atoms with van der Waals surface area (Å²) in [6, 6.07) is 12.5. The predicted octanol–water partition coefficient (Wildman–Crippen LogP) is 3.29. The van der Waals surface area contributed by atoms with E-state index in [0.717, 1.165) is 22.8 Å². The van der Waals surface area contributed by atoms with Crippen LogP contribution in [0.2, 0.25) is 0 Å². The van der Waals surface area contributed by atoms with Crippen LogP contribution >= 0.6 is 0 Å². The predicted molar refractivity (Wildman–Crippen MR) is 59.1 cm³/mol. The second-order valence-corrected chi connectivity index (χ2v) is 3.43. The average Bonchev–Trinajstić information content (AvgIpc) is 2.25. The van der Waals surface area contributed by atoms with Crippen LogP contribution in [0.4, 0.5) is 0 Å². The second kappa shape index (κ2) is 4.13. The summed E-state index contributed by atoms with van der Waals surface area (Å²) in [5.41, 5.74) is 2.05. The maximum atomic E-state index is 5.68. The zero-order chi connectivity index (χ0) is 10.7. The third kappa shape index (κ3) is 2.34. The third-order valence-corrected chi connectivity index (χ3v) is 2.13. The molecule has 2 rings (SSSR count). The molecule has 0 spiro atoms. The van der Waals surface area contributed by atoms with Crippen molar-refractivity contribution < 1.29 is 4.74 Å². The molecule has 1 heterocycles. The van der Waals surface area contributed by atoms with Crippen LogP contribution < -0.4 is 4.74 Å². The van der Waals surface area contributed by atoms with E-state index in [2.05, 4.69) is 11.1 Å². The van der Waals surface area contributed by atoms with Crippen LogP contribution in [0, 0.1) is 19.9 Å². The van der Waals surface area contributed by atoms with Gasteiger partial charge in [-0.15, -0.1) is 0 Å². The maximum absolute atomic E-state index is 5.68. The highest BCUT2D eigenvalue weighted by molar-refractivity contribution is 5.35. The molecule has 0 aliphatic carbocycles. The molecule has 0 N–H and O–H groups in total. The molecular weight excluding hydrogens is 186 g/mol. The summed E-state index contributed by atoms with van der Waals surface area (Å²) < 4.78 is 5.68. The fourth-order valence-electron chi connectivity index (χ4n) is 1.26. The number of hydrogen-bond donors (Lipinski definition) is 0. The molecule has 0 aliphatic rings. The van der Waals surface area contributed by atoms with Crippen LogP contribution in [0.15, 0.2) is 36.5 Å². The Morgan fingerprint density at radius 1 is 1.20 bits per heavy atom. The molecule has 1 aromatic heterocycles. The Morgan fingerprint density at radius 2 is 2.07 bits per heavy atom. The van der Waals surface area contributed by atoms with Gasteiger partial charge in [-0.05, 0) is 49.7 Å². The lowest BCUT2D eigenvalue weighted by Crippen LogP contribution is -1.88. The number of nitrogens with zero attached hydrogens (tertiary/aromatic N) is 1. The summed E-state index contributed by atoms with van der Waals surface area (Å²) in [5, 5.41) is 0. The highest BCUT2D eigenvalue weighted by atomic mass is 16.5. The Bertz CT molecular complexity index is 448. The molecule has 0 fully saturated rings. The van der Waals surface area contributed by atoms with E-state index < -0.39 is 0 Å². The highest BCUT2D eigenvalue weighted by Crippen LogP contribution is 2.23. The van der Waals surface area contributed by atoms with Gasteiger partial charge >= 0.3 is 0 Å². The van der Waals surface area contributed by atoms with Gasteiger partial charge in [0.2, 0.25) is 0 Å². The van der Waals surface area contributed by atoms with Gasteiger partial charge in [0.15, 0.2) is 0 Å². The minimum atomic E-state index is 0.759. The van der Waals surface area contributed by atoms with Crippen LogP contribution in [0.1, 0.15) is 11.3 Å². The average molecular weight is 198 g/mol. The summed E-state index contributed by atoms with van der Waals surface area (Å²) in [6.45, 7) is 3.94. The minimum absolute atomic E-state index is 0.759. The minimum Gasteiger partial charge on any atom is -0.455 e. The summed E-state index contributed by atoms with van der Waals surface area (Å²) in [5.74, 6) is 1.61. The molecule has 0 saturated carbocycles. The normalized spacial score (nSPS) is 10.0. The number of ether oxygens (including phenoxy) is 1. The van der Waals surface area contributed by atoms with Gasteiger partial charge in [-0.2, -0.15) is 0 Å². The molecule has 0 aliphatic heterocycles. The molecule has 15 heavy (non-hydrogen) atoms. The van der Waals surface area contributed by atoms with Gasteiger partial charge in [0.1, 0.15) is 11.5 Å². The zero-order valence-electron chi connectivity index (χ0n) is 8.82. The van der Waals surface area contributed by atoms with E-state index in [1.807, 2.05) is 44.2 Å². The molecule has 0 unspecified atom stereocenters. The van der Waals surface area contributed by atoms with Crippen molar-refractivity contribution >= 4 is 0 Å². The first kappa shape index (κ1) is 9.71. The van der Waals surface area contributed by atoms with Crippen molar-refractivity contribution in [1.82, 2.24) is 4.98 Å². The second-order valence-electron chi connectivity index (χ2n) is 3.43. The Labute approximate surface area is 89.6 Å². The number of hydrogen-bond acceptors (Lipinski definition) is 2. The van der Waals surface area contributed by atoms with E-state index in [9.17, 15) is 0 Å². The molecule has 2 nitrogen and oxygen atoms in total. The van der Waals surface area contributed by atoms with E-state index in [4.69, 9.17) is 4.74 Å². The number of aryl methyl sites for hydroxylation is 2. The van der Waals surface area contributed by atoms with E-state index in [1.165, 1.54) is 0 Å². The molecule has 1 aromatic carbocycles. The van der Waals surface area contributed by atoms with Crippen molar-refractivity contribution in [2.45, 2.75) is 13.8 Å². The lowest BCUT2D eigenvalue weighted by Gasteiger charge is -2.07. The van der Waals surface area contributed by atoms with Crippen molar-refractivity contribution in [3.8, 4) is 11.5 Å². The Kier molecular flexibility index (Phi) is 2.68. The van der Waals surface area contributed by atoms with E-state index in [1.54, 1.807) is 6.20 Å². The van der Waals surface area contributed by atoms with Crippen LogP contribution in [-0.2, 0) is 0 Å². The topological polar surface area (TPSA) is 22.1 Å². The number of aromatic nitrogens is 1. The standard InChI is InChI=1S/C13H12NO/c1-10-5-3-4-6-13(10)15-12-8-7-11(2)14-9-12/h4-9H,1-2H3. The monoisotopic (exact) mass is 198 g/mol. The zero-order valence-corrected chi connectivity index (χ0v) is 8.82. The highest BCUT2D eigenvalue weighted by Gasteiger charge is 1.99. The lowest BCUT2D eigenvalue weighted by molar-refractivity contribution is 0.476. The van der Waals surface area contributed by atoms with Crippen molar-refractivity contribution in [3.63, 3.8) is 0 Å². The van der Waals surface area contributed by atoms with E-state index in [-0.39, 0.29) is 0 Å². The smallest absolute Gasteiger partial charge is 0.145 e. The van der Waals surface area contributed by atoms with Crippen molar-refractivity contribution in [3.05, 3.63) is 53.9 Å². The lowest BCUT2D eigenvalue weighted by atomic mass is 10.2. The SMILES string of the molecule is Cc1ccc(Oc2cc[c]cc2C)cn1. The largest absolute Gasteiger partial charge is 0.455 e. The first-order valence-electron chi connectivity index (χ1n) is 4.83. The number of pyridine rings is 1. The van der Waals surface area contributed by atoms with Crippen molar-refractivity contribution in [2.24, 2.45) is 0 Å². The van der Waals surface area contributed by atoms with Gasteiger partial charge in [-0.25, -0.2) is 0 Å². The first-order valence-corrected chi connectivity index (χ1v) is 4.83. The maximum Gasteiger partial charge on any atom is 0.145 e. The van der Waals surface area contributed by atoms with Crippen molar-refractivity contribution in [2.75, 3.05) is 0 Å². The molecular formula is C13H12NO. The summed E-state index contributed by atoms with van der Waals surface area (Å²) in [7, 11) is 0. The van der Waals surface area contributed by atoms with Gasteiger partial charge in [0.05, 0.1) is 6.20 Å². The molecule has 2 heteroatoms. The van der Waals surface area contributed by atoms with Crippen molar-refractivity contribution in [1.29, 1.82) is 0 Å². The molecule has 0 atom stereocenters. The van der Waals surface area contributed by atoms with Gasteiger partial charge in [0.25, 0.3) is 0 Å². The fourth-order valence-corrected chi connectivity index (χ4v) is 1.26. The quantitative estimate of drug-likeness (QED) is 0.738. The van der Waals surface area contributed by atoms with Crippen LogP contribution in [0.25, 0.3) is 0 Å². The molecule has 0 bridgehead atoms. The first-order chi connectivity index (χ1) is 7.25. The Morgan fingerprint density at radius 3 is 2.73 bits per heavy atom. The summed E-state index contributed by atoms with van der Waals surface area (Å²) >= 11 is 0. The Balaban J connectivity index is 2.22. The van der Waals surface area contributed by atoms with Crippen LogP contribution in [0.5, 0.6) is 11.5 Å². The molecule has 2 aromatic rings. The molecule has 0 saturated heterocycles. The summed E-state index contributed by atoms with van der Waals surface area (Å²) in [4.78, 5) is 4.17. The Hall–Kier alpha value is -1.83. The van der Waals surface area contributed by atoms with Gasteiger partial charge < -0.3 is 4.74 Å². The molecule has 0 amide bonds. The third-order valence-electron chi connectivity index (χ3n) is 2.13. The molecule has 75 valence electrons. The van der Waals surface area contributed by atoms with Crippen LogP contribution in [-0.4, -0.2) is 4.98 Å². The number of benzene rings is 1. The van der Waals surface area contributed by atoms with E-state index in [0.29, 0.717) is 0 Å².